The van der Waals surface area contributed by atoms with E-state index in [4.69, 9.17) is 16.3 Å². The van der Waals surface area contributed by atoms with Gasteiger partial charge in [-0.15, -0.1) is 11.6 Å². The highest BCUT2D eigenvalue weighted by atomic mass is 35.5. The molecule has 1 amide bonds. The van der Waals surface area contributed by atoms with Crippen LogP contribution in [-0.4, -0.2) is 23.4 Å². The molecule has 1 aromatic carbocycles. The van der Waals surface area contributed by atoms with Crippen molar-refractivity contribution in [3.8, 4) is 0 Å². The molecular formula is C21H20ClF6NO3. The van der Waals surface area contributed by atoms with E-state index in [-0.39, 0.29) is 6.07 Å². The summed E-state index contributed by atoms with van der Waals surface area (Å²) in [4.78, 5) is 24.5. The van der Waals surface area contributed by atoms with Gasteiger partial charge < -0.3 is 10.1 Å². The van der Waals surface area contributed by atoms with Crippen molar-refractivity contribution in [2.75, 3.05) is 11.9 Å². The number of carbonyl (C=O) groups is 2. The minimum Gasteiger partial charge on any atom is -0.455 e. The van der Waals surface area contributed by atoms with Gasteiger partial charge >= 0.3 is 18.3 Å². The summed E-state index contributed by atoms with van der Waals surface area (Å²) in [6, 6.07) is 0.751. The highest BCUT2D eigenvalue weighted by molar-refractivity contribution is 6.24. The number of benzene rings is 1. The van der Waals surface area contributed by atoms with Crippen molar-refractivity contribution in [3.05, 3.63) is 29.3 Å². The zero-order chi connectivity index (χ0) is 23.5. The Balaban J connectivity index is 1.43. The Morgan fingerprint density at radius 2 is 1.50 bits per heavy atom. The van der Waals surface area contributed by atoms with E-state index in [0.717, 1.165) is 19.3 Å². The molecule has 11 heteroatoms. The van der Waals surface area contributed by atoms with Crippen LogP contribution in [0, 0.1) is 17.3 Å². The first-order valence-electron chi connectivity index (χ1n) is 10.1. The van der Waals surface area contributed by atoms with Gasteiger partial charge in [0.15, 0.2) is 6.61 Å². The highest BCUT2D eigenvalue weighted by Gasteiger charge is 2.60. The molecule has 32 heavy (non-hydrogen) atoms. The molecule has 0 aromatic heterocycles. The number of esters is 1. The van der Waals surface area contributed by atoms with Gasteiger partial charge in [0, 0.05) is 10.6 Å². The van der Waals surface area contributed by atoms with Crippen LogP contribution >= 0.6 is 11.6 Å². The Morgan fingerprint density at radius 3 is 1.97 bits per heavy atom. The zero-order valence-corrected chi connectivity index (χ0v) is 17.5. The molecule has 0 heterocycles. The number of carbonyl (C=O) groups excluding carboxylic acids is 2. The van der Waals surface area contributed by atoms with Crippen LogP contribution < -0.4 is 5.32 Å². The zero-order valence-electron chi connectivity index (χ0n) is 16.7. The summed E-state index contributed by atoms with van der Waals surface area (Å²) < 4.78 is 82.9. The Morgan fingerprint density at radius 1 is 0.969 bits per heavy atom. The van der Waals surface area contributed by atoms with E-state index < -0.39 is 57.9 Å². The van der Waals surface area contributed by atoms with Crippen molar-refractivity contribution in [1.82, 2.24) is 0 Å². The summed E-state index contributed by atoms with van der Waals surface area (Å²) in [7, 11) is 0. The van der Waals surface area contributed by atoms with Crippen LogP contribution in [0.3, 0.4) is 0 Å². The lowest BCUT2D eigenvalue weighted by Crippen LogP contribution is -2.56. The number of ether oxygens (including phenoxy) is 1. The predicted molar refractivity (Wildman–Crippen MR) is 102 cm³/mol. The molecule has 0 saturated heterocycles. The van der Waals surface area contributed by atoms with Gasteiger partial charge in [0.1, 0.15) is 0 Å². The Kier molecular flexibility index (Phi) is 5.46. The van der Waals surface area contributed by atoms with Gasteiger partial charge in [0.2, 0.25) is 0 Å². The first kappa shape index (κ1) is 23.2. The third-order valence-electron chi connectivity index (χ3n) is 6.63. The number of rotatable bonds is 4. The molecule has 2 atom stereocenters. The number of nitrogens with one attached hydrogen (secondary N) is 1. The number of alkyl halides is 7. The number of hydrogen-bond donors (Lipinski definition) is 1. The van der Waals surface area contributed by atoms with E-state index in [1.807, 2.05) is 5.32 Å². The van der Waals surface area contributed by atoms with E-state index in [0.29, 0.717) is 43.2 Å². The number of hydrogen-bond acceptors (Lipinski definition) is 3. The van der Waals surface area contributed by atoms with Gasteiger partial charge in [0.25, 0.3) is 5.91 Å². The third-order valence-corrected chi connectivity index (χ3v) is 7.07. The molecule has 5 rings (SSSR count). The lowest BCUT2D eigenvalue weighted by molar-refractivity contribution is -0.171. The van der Waals surface area contributed by atoms with Gasteiger partial charge in [-0.05, 0) is 68.6 Å². The smallest absolute Gasteiger partial charge is 0.416 e. The van der Waals surface area contributed by atoms with Gasteiger partial charge in [0.05, 0.1) is 16.5 Å². The van der Waals surface area contributed by atoms with Crippen LogP contribution in [0.1, 0.15) is 49.7 Å². The summed E-state index contributed by atoms with van der Waals surface area (Å²) in [6.45, 7) is -0.817. The summed E-state index contributed by atoms with van der Waals surface area (Å²) in [6.07, 6.45) is -5.75. The number of amides is 1. The van der Waals surface area contributed by atoms with E-state index in [1.54, 1.807) is 0 Å². The third kappa shape index (κ3) is 4.56. The Hall–Kier alpha value is -1.97. The van der Waals surface area contributed by atoms with Gasteiger partial charge in [-0.3, -0.25) is 9.59 Å². The second-order valence-corrected chi connectivity index (χ2v) is 10.1. The summed E-state index contributed by atoms with van der Waals surface area (Å²) in [5.41, 5.74) is -4.59. The lowest BCUT2D eigenvalue weighted by Gasteiger charge is -2.58. The molecule has 1 aromatic rings. The molecule has 4 fully saturated rings. The fraction of sp³-hybridized carbons (Fsp3) is 0.619. The largest absolute Gasteiger partial charge is 0.455 e. The van der Waals surface area contributed by atoms with Crippen LogP contribution in [0.25, 0.3) is 0 Å². The molecule has 0 radical (unpaired) electrons. The first-order valence-corrected chi connectivity index (χ1v) is 10.5. The average Bonchev–Trinajstić information content (AvgIpc) is 2.62. The fourth-order valence-corrected chi connectivity index (χ4v) is 6.59. The number of halogens is 7. The SMILES string of the molecule is O=C(COC(=O)C12C[C@H]3C[C@@H](CC(Cl)(C3)C1)C2)Nc1cc(C(F)(F)F)cc(C(F)(F)F)c1. The quantitative estimate of drug-likeness (QED) is 0.335. The lowest BCUT2D eigenvalue weighted by atomic mass is 9.49. The van der Waals surface area contributed by atoms with Crippen LogP contribution in [0.5, 0.6) is 0 Å². The van der Waals surface area contributed by atoms with Crippen LogP contribution in [0.2, 0.25) is 0 Å². The maximum absolute atomic E-state index is 13.0. The van der Waals surface area contributed by atoms with Gasteiger partial charge in [-0.1, -0.05) is 0 Å². The maximum atomic E-state index is 13.0. The molecule has 4 saturated carbocycles. The predicted octanol–water partition coefficient (Wildman–Crippen LogP) is 5.78. The maximum Gasteiger partial charge on any atom is 0.416 e. The van der Waals surface area contributed by atoms with Crippen molar-refractivity contribution in [2.24, 2.45) is 17.3 Å². The first-order chi connectivity index (χ1) is 14.7. The van der Waals surface area contributed by atoms with Gasteiger partial charge in [-0.2, -0.15) is 26.3 Å². The summed E-state index contributed by atoms with van der Waals surface area (Å²) >= 11 is 6.67. The van der Waals surface area contributed by atoms with Crippen molar-refractivity contribution in [2.45, 2.75) is 55.8 Å². The van der Waals surface area contributed by atoms with Gasteiger partial charge in [-0.25, -0.2) is 0 Å². The normalized spacial score (nSPS) is 31.5. The molecular weight excluding hydrogens is 464 g/mol. The van der Waals surface area contributed by atoms with Crippen LogP contribution in [0.4, 0.5) is 32.0 Å². The van der Waals surface area contributed by atoms with Crippen molar-refractivity contribution >= 4 is 29.2 Å². The molecule has 0 unspecified atom stereocenters. The van der Waals surface area contributed by atoms with E-state index in [2.05, 4.69) is 0 Å². The van der Waals surface area contributed by atoms with E-state index in [1.165, 1.54) is 0 Å². The minimum absolute atomic E-state index is 0.0370. The van der Waals surface area contributed by atoms with Crippen LogP contribution in [0.15, 0.2) is 18.2 Å². The Bertz CT molecular complexity index is 898. The summed E-state index contributed by atoms with van der Waals surface area (Å²) in [5, 5.41) is 1.96. The molecule has 4 nitrogen and oxygen atoms in total. The van der Waals surface area contributed by atoms with Crippen molar-refractivity contribution in [1.29, 1.82) is 0 Å². The second-order valence-electron chi connectivity index (χ2n) is 9.31. The summed E-state index contributed by atoms with van der Waals surface area (Å²) in [5.74, 6) is -1.01. The molecule has 176 valence electrons. The molecule has 1 N–H and O–H groups in total. The highest BCUT2D eigenvalue weighted by Crippen LogP contribution is 2.64. The van der Waals surface area contributed by atoms with Crippen molar-refractivity contribution < 1.29 is 40.7 Å². The molecule has 4 aliphatic rings. The minimum atomic E-state index is -5.04. The monoisotopic (exact) mass is 483 g/mol. The van der Waals surface area contributed by atoms with Crippen LogP contribution in [-0.2, 0) is 26.7 Å². The standard InChI is InChI=1S/C21H20ClF6NO3/c22-19-7-11-1-12(8-19)6-18(5-11,10-19)17(31)32-9-16(30)29-15-3-13(20(23,24)25)2-14(4-15)21(26,27)28/h2-4,11-12H,1,5-10H2,(H,29,30)/t11-,12-,18?,19?/m1/s1. The molecule has 4 aliphatic carbocycles. The van der Waals surface area contributed by atoms with E-state index >= 15 is 0 Å². The molecule has 0 spiro atoms. The number of anilines is 1. The second kappa shape index (κ2) is 7.53. The Labute approximate surface area is 184 Å². The molecule has 4 bridgehead atoms. The average molecular weight is 484 g/mol. The fourth-order valence-electron chi connectivity index (χ4n) is 5.90. The van der Waals surface area contributed by atoms with Crippen molar-refractivity contribution in [3.63, 3.8) is 0 Å². The topological polar surface area (TPSA) is 55.4 Å². The van der Waals surface area contributed by atoms with E-state index in [9.17, 15) is 35.9 Å². The molecule has 0 aliphatic heterocycles.